The summed E-state index contributed by atoms with van der Waals surface area (Å²) in [6.07, 6.45) is 0. The fourth-order valence-electron chi connectivity index (χ4n) is 2.77. The molecular formula is C14H20N4O2. The number of piperazine rings is 1. The Morgan fingerprint density at radius 1 is 1.25 bits per heavy atom. The van der Waals surface area contributed by atoms with Crippen molar-refractivity contribution in [3.63, 3.8) is 0 Å². The van der Waals surface area contributed by atoms with Gasteiger partial charge in [-0.15, -0.1) is 0 Å². The molecule has 0 radical (unpaired) electrons. The van der Waals surface area contributed by atoms with E-state index in [2.05, 4.69) is 21.9 Å². The van der Waals surface area contributed by atoms with Crippen LogP contribution in [0.5, 0.6) is 0 Å². The number of nitrogens with zero attached hydrogens (tertiary/aromatic N) is 4. The quantitative estimate of drug-likeness (QED) is 0.812. The Balaban J connectivity index is 1.94. The van der Waals surface area contributed by atoms with Gasteiger partial charge in [-0.1, -0.05) is 0 Å². The molecule has 20 heavy (non-hydrogen) atoms. The molecule has 1 saturated heterocycles. The lowest BCUT2D eigenvalue weighted by Crippen LogP contribution is -2.45. The fourth-order valence-corrected chi connectivity index (χ4v) is 2.77. The third-order valence-electron chi connectivity index (χ3n) is 3.94. The first kappa shape index (κ1) is 13.3. The Bertz CT molecular complexity index is 680. The largest absolute Gasteiger partial charge is 0.404 e. The maximum absolute atomic E-state index is 11.6. The summed E-state index contributed by atoms with van der Waals surface area (Å²) >= 11 is 0. The van der Waals surface area contributed by atoms with E-state index in [9.17, 15) is 4.79 Å². The molecule has 0 aliphatic carbocycles. The zero-order valence-electron chi connectivity index (χ0n) is 12.2. The van der Waals surface area contributed by atoms with E-state index in [1.54, 1.807) is 0 Å². The summed E-state index contributed by atoms with van der Waals surface area (Å²) in [5.74, 6) is 0. The minimum Gasteiger partial charge on any atom is -0.404 e. The monoisotopic (exact) mass is 276 g/mol. The summed E-state index contributed by atoms with van der Waals surface area (Å²) in [4.78, 5) is 16.2. The SMILES string of the molecule is Cc1cc(=O)oc2c1c(C)nn2CN1CCN(C)CC1. The molecule has 2 aromatic heterocycles. The highest BCUT2D eigenvalue weighted by Gasteiger charge is 2.18. The maximum Gasteiger partial charge on any atom is 0.337 e. The van der Waals surface area contributed by atoms with Crippen LogP contribution in [-0.4, -0.2) is 52.8 Å². The summed E-state index contributed by atoms with van der Waals surface area (Å²) in [7, 11) is 2.13. The van der Waals surface area contributed by atoms with E-state index in [0.29, 0.717) is 12.4 Å². The average molecular weight is 276 g/mol. The van der Waals surface area contributed by atoms with Crippen molar-refractivity contribution in [2.75, 3.05) is 33.2 Å². The number of aryl methyl sites for hydroxylation is 2. The van der Waals surface area contributed by atoms with E-state index >= 15 is 0 Å². The number of aromatic nitrogens is 2. The minimum absolute atomic E-state index is 0.311. The molecule has 6 nitrogen and oxygen atoms in total. The van der Waals surface area contributed by atoms with Gasteiger partial charge >= 0.3 is 5.63 Å². The zero-order valence-corrected chi connectivity index (χ0v) is 12.2. The number of hydrogen-bond donors (Lipinski definition) is 0. The van der Waals surface area contributed by atoms with Gasteiger partial charge < -0.3 is 9.32 Å². The van der Waals surface area contributed by atoms with Crippen molar-refractivity contribution in [1.82, 2.24) is 19.6 Å². The predicted molar refractivity (Wildman–Crippen MR) is 76.8 cm³/mol. The van der Waals surface area contributed by atoms with E-state index in [-0.39, 0.29) is 5.63 Å². The predicted octanol–water partition coefficient (Wildman–Crippen LogP) is 0.811. The second-order valence-electron chi connectivity index (χ2n) is 5.58. The van der Waals surface area contributed by atoms with Gasteiger partial charge in [0.15, 0.2) is 0 Å². The molecule has 108 valence electrons. The first-order chi connectivity index (χ1) is 9.54. The molecule has 3 heterocycles. The Kier molecular flexibility index (Phi) is 3.35. The van der Waals surface area contributed by atoms with Crippen LogP contribution in [0.25, 0.3) is 11.1 Å². The topological polar surface area (TPSA) is 54.5 Å². The molecule has 1 aliphatic rings. The van der Waals surface area contributed by atoms with Crippen LogP contribution in [-0.2, 0) is 6.67 Å². The van der Waals surface area contributed by atoms with E-state index in [0.717, 1.165) is 42.8 Å². The van der Waals surface area contributed by atoms with Crippen molar-refractivity contribution in [1.29, 1.82) is 0 Å². The minimum atomic E-state index is -0.311. The first-order valence-corrected chi connectivity index (χ1v) is 6.93. The summed E-state index contributed by atoms with van der Waals surface area (Å²) in [6.45, 7) is 8.68. The highest BCUT2D eigenvalue weighted by molar-refractivity contribution is 5.79. The smallest absolute Gasteiger partial charge is 0.337 e. The third-order valence-corrected chi connectivity index (χ3v) is 3.94. The zero-order chi connectivity index (χ0) is 14.3. The van der Waals surface area contributed by atoms with Gasteiger partial charge in [-0.25, -0.2) is 9.48 Å². The molecule has 1 aliphatic heterocycles. The highest BCUT2D eigenvalue weighted by atomic mass is 16.4. The van der Waals surface area contributed by atoms with Crippen LogP contribution in [0.15, 0.2) is 15.3 Å². The molecule has 0 saturated carbocycles. The van der Waals surface area contributed by atoms with E-state index in [1.165, 1.54) is 6.07 Å². The van der Waals surface area contributed by atoms with Crippen molar-refractivity contribution < 1.29 is 4.42 Å². The molecule has 0 spiro atoms. The number of rotatable bonds is 2. The van der Waals surface area contributed by atoms with Crippen molar-refractivity contribution >= 4 is 11.1 Å². The van der Waals surface area contributed by atoms with Gasteiger partial charge in [-0.05, 0) is 26.5 Å². The molecule has 0 atom stereocenters. The lowest BCUT2D eigenvalue weighted by atomic mass is 10.2. The highest BCUT2D eigenvalue weighted by Crippen LogP contribution is 2.20. The van der Waals surface area contributed by atoms with Crippen LogP contribution in [0.4, 0.5) is 0 Å². The number of fused-ring (bicyclic) bond motifs is 1. The number of hydrogen-bond acceptors (Lipinski definition) is 5. The van der Waals surface area contributed by atoms with Gasteiger partial charge in [0.2, 0.25) is 5.71 Å². The molecule has 0 unspecified atom stereocenters. The van der Waals surface area contributed by atoms with Gasteiger partial charge in [0, 0.05) is 32.2 Å². The molecule has 0 N–H and O–H groups in total. The Labute approximate surface area is 117 Å². The molecule has 6 heteroatoms. The summed E-state index contributed by atoms with van der Waals surface area (Å²) < 4.78 is 7.17. The Morgan fingerprint density at radius 2 is 1.95 bits per heavy atom. The van der Waals surface area contributed by atoms with Gasteiger partial charge in [0.05, 0.1) is 17.7 Å². The molecule has 0 amide bonds. The van der Waals surface area contributed by atoms with Gasteiger partial charge in [-0.3, -0.25) is 4.90 Å². The second kappa shape index (κ2) is 5.03. The van der Waals surface area contributed by atoms with E-state index in [1.807, 2.05) is 18.5 Å². The average Bonchev–Trinajstić information content (AvgIpc) is 2.69. The van der Waals surface area contributed by atoms with E-state index < -0.39 is 0 Å². The summed E-state index contributed by atoms with van der Waals surface area (Å²) in [5.41, 5.74) is 2.12. The van der Waals surface area contributed by atoms with Crippen LogP contribution in [0.2, 0.25) is 0 Å². The summed E-state index contributed by atoms with van der Waals surface area (Å²) in [5, 5.41) is 5.49. The van der Waals surface area contributed by atoms with Crippen molar-refractivity contribution in [3.05, 3.63) is 27.7 Å². The molecular weight excluding hydrogens is 256 g/mol. The normalized spacial score (nSPS) is 17.9. The Hall–Kier alpha value is -1.66. The second-order valence-corrected chi connectivity index (χ2v) is 5.58. The molecule has 0 bridgehead atoms. The van der Waals surface area contributed by atoms with Gasteiger partial charge in [0.1, 0.15) is 0 Å². The van der Waals surface area contributed by atoms with Crippen LogP contribution >= 0.6 is 0 Å². The summed E-state index contributed by atoms with van der Waals surface area (Å²) in [6, 6.07) is 1.53. The molecule has 3 rings (SSSR count). The van der Waals surface area contributed by atoms with Gasteiger partial charge in [0.25, 0.3) is 0 Å². The van der Waals surface area contributed by atoms with Crippen molar-refractivity contribution in [3.8, 4) is 0 Å². The molecule has 2 aromatic rings. The van der Waals surface area contributed by atoms with Crippen molar-refractivity contribution in [2.45, 2.75) is 20.5 Å². The lowest BCUT2D eigenvalue weighted by Gasteiger charge is -2.31. The maximum atomic E-state index is 11.6. The van der Waals surface area contributed by atoms with Crippen LogP contribution in [0.1, 0.15) is 11.3 Å². The number of likely N-dealkylation sites (N-methyl/N-ethyl adjacent to an activating group) is 1. The third kappa shape index (κ3) is 2.36. The molecule has 1 fully saturated rings. The van der Waals surface area contributed by atoms with Crippen LogP contribution in [0.3, 0.4) is 0 Å². The van der Waals surface area contributed by atoms with E-state index in [4.69, 9.17) is 4.42 Å². The van der Waals surface area contributed by atoms with Crippen LogP contribution < -0.4 is 5.63 Å². The Morgan fingerprint density at radius 3 is 2.65 bits per heavy atom. The standard InChI is InChI=1S/C14H20N4O2/c1-10-8-12(19)20-14-13(10)11(2)15-18(14)9-17-6-4-16(3)5-7-17/h8H,4-7,9H2,1-3H3. The fraction of sp³-hybridized carbons (Fsp3) is 0.571. The molecule has 0 aromatic carbocycles. The first-order valence-electron chi connectivity index (χ1n) is 6.93. The lowest BCUT2D eigenvalue weighted by molar-refractivity contribution is 0.119. The van der Waals surface area contributed by atoms with Gasteiger partial charge in [-0.2, -0.15) is 5.10 Å². The van der Waals surface area contributed by atoms with Crippen molar-refractivity contribution in [2.24, 2.45) is 0 Å². The van der Waals surface area contributed by atoms with Crippen LogP contribution in [0, 0.1) is 13.8 Å².